The zero-order valence-electron chi connectivity index (χ0n) is 11.1. The Balaban J connectivity index is 1.98. The van der Waals surface area contributed by atoms with Crippen molar-refractivity contribution in [2.24, 2.45) is 5.73 Å². The van der Waals surface area contributed by atoms with Crippen molar-refractivity contribution in [3.63, 3.8) is 0 Å². The molecule has 0 aliphatic heterocycles. The minimum Gasteiger partial charge on any atom is -0.421 e. The predicted molar refractivity (Wildman–Crippen MR) is 75.6 cm³/mol. The Morgan fingerprint density at radius 3 is 2.55 bits per heavy atom. The van der Waals surface area contributed by atoms with Gasteiger partial charge < -0.3 is 10.2 Å². The van der Waals surface area contributed by atoms with E-state index in [-0.39, 0.29) is 0 Å². The highest BCUT2D eigenvalue weighted by atomic mass is 16.4. The standard InChI is InChI=1S/C15H14N4O/c1-10-18-19-15(20-10)12-4-2-3-11(7-12)13-5-6-14(8-16)17-9-13/h2-7,9H,8,16H2,1H3. The van der Waals surface area contributed by atoms with Crippen LogP contribution >= 0.6 is 0 Å². The van der Waals surface area contributed by atoms with Crippen molar-refractivity contribution in [3.8, 4) is 22.6 Å². The van der Waals surface area contributed by atoms with Crippen LogP contribution in [-0.2, 0) is 6.54 Å². The summed E-state index contributed by atoms with van der Waals surface area (Å²) in [6, 6.07) is 11.9. The summed E-state index contributed by atoms with van der Waals surface area (Å²) in [5, 5.41) is 7.87. The molecule has 2 aromatic heterocycles. The lowest BCUT2D eigenvalue weighted by Crippen LogP contribution is -1.98. The van der Waals surface area contributed by atoms with Crippen LogP contribution in [-0.4, -0.2) is 15.2 Å². The monoisotopic (exact) mass is 266 g/mol. The van der Waals surface area contributed by atoms with Gasteiger partial charge in [0.15, 0.2) is 0 Å². The molecule has 0 aliphatic rings. The van der Waals surface area contributed by atoms with Crippen molar-refractivity contribution in [1.29, 1.82) is 0 Å². The summed E-state index contributed by atoms with van der Waals surface area (Å²) < 4.78 is 5.44. The first-order valence-corrected chi connectivity index (χ1v) is 6.32. The molecule has 100 valence electrons. The van der Waals surface area contributed by atoms with Crippen molar-refractivity contribution >= 4 is 0 Å². The molecule has 5 heteroatoms. The molecule has 0 atom stereocenters. The van der Waals surface area contributed by atoms with Crippen molar-refractivity contribution in [1.82, 2.24) is 15.2 Å². The molecule has 2 heterocycles. The lowest BCUT2D eigenvalue weighted by atomic mass is 10.0. The zero-order valence-corrected chi connectivity index (χ0v) is 11.1. The Kier molecular flexibility index (Phi) is 3.26. The Morgan fingerprint density at radius 1 is 1.05 bits per heavy atom. The molecule has 0 radical (unpaired) electrons. The van der Waals surface area contributed by atoms with E-state index < -0.39 is 0 Å². The van der Waals surface area contributed by atoms with Gasteiger partial charge in [-0.25, -0.2) is 0 Å². The minimum atomic E-state index is 0.446. The van der Waals surface area contributed by atoms with Gasteiger partial charge in [0.2, 0.25) is 11.8 Å². The Labute approximate surface area is 116 Å². The highest BCUT2D eigenvalue weighted by molar-refractivity contribution is 5.69. The predicted octanol–water partition coefficient (Wildman–Crippen LogP) is 2.57. The number of aromatic nitrogens is 3. The average molecular weight is 266 g/mol. The summed E-state index contributed by atoms with van der Waals surface area (Å²) in [5.41, 5.74) is 9.40. The number of nitrogens with two attached hydrogens (primary N) is 1. The molecule has 0 amide bonds. The smallest absolute Gasteiger partial charge is 0.247 e. The Hall–Kier alpha value is -2.53. The number of hydrogen-bond donors (Lipinski definition) is 1. The summed E-state index contributed by atoms with van der Waals surface area (Å²) in [5.74, 6) is 1.08. The van der Waals surface area contributed by atoms with Crippen LogP contribution in [0.1, 0.15) is 11.6 Å². The lowest BCUT2D eigenvalue weighted by molar-refractivity contribution is 0.533. The number of hydrogen-bond acceptors (Lipinski definition) is 5. The summed E-state index contributed by atoms with van der Waals surface area (Å²) >= 11 is 0. The molecule has 0 spiro atoms. The third-order valence-electron chi connectivity index (χ3n) is 3.00. The van der Waals surface area contributed by atoms with Crippen LogP contribution in [0.2, 0.25) is 0 Å². The topological polar surface area (TPSA) is 77.8 Å². The van der Waals surface area contributed by atoms with E-state index in [9.17, 15) is 0 Å². The van der Waals surface area contributed by atoms with E-state index in [4.69, 9.17) is 10.2 Å². The highest BCUT2D eigenvalue weighted by Crippen LogP contribution is 2.25. The van der Waals surface area contributed by atoms with E-state index in [0.29, 0.717) is 18.3 Å². The zero-order chi connectivity index (χ0) is 13.9. The van der Waals surface area contributed by atoms with Gasteiger partial charge in [-0.2, -0.15) is 0 Å². The molecule has 3 aromatic rings. The van der Waals surface area contributed by atoms with E-state index >= 15 is 0 Å². The first kappa shape index (κ1) is 12.5. The van der Waals surface area contributed by atoms with Crippen molar-refractivity contribution in [2.75, 3.05) is 0 Å². The quantitative estimate of drug-likeness (QED) is 0.788. The van der Waals surface area contributed by atoms with E-state index in [1.165, 1.54) is 0 Å². The number of aryl methyl sites for hydroxylation is 1. The molecule has 20 heavy (non-hydrogen) atoms. The van der Waals surface area contributed by atoms with E-state index in [0.717, 1.165) is 22.4 Å². The minimum absolute atomic E-state index is 0.446. The molecule has 0 aliphatic carbocycles. The maximum atomic E-state index is 5.55. The third kappa shape index (κ3) is 2.44. The fraction of sp³-hybridized carbons (Fsp3) is 0.133. The first-order valence-electron chi connectivity index (χ1n) is 6.32. The summed E-state index contributed by atoms with van der Waals surface area (Å²) in [6.07, 6.45) is 1.82. The van der Waals surface area contributed by atoms with Crippen molar-refractivity contribution < 1.29 is 4.42 Å². The molecule has 2 N–H and O–H groups in total. The van der Waals surface area contributed by atoms with Crippen LogP contribution < -0.4 is 5.73 Å². The average Bonchev–Trinajstić information content (AvgIpc) is 2.94. The van der Waals surface area contributed by atoms with Gasteiger partial charge in [-0.1, -0.05) is 18.2 Å². The van der Waals surface area contributed by atoms with Gasteiger partial charge in [-0.05, 0) is 23.8 Å². The maximum absolute atomic E-state index is 5.55. The van der Waals surface area contributed by atoms with Crippen molar-refractivity contribution in [2.45, 2.75) is 13.5 Å². The van der Waals surface area contributed by atoms with Gasteiger partial charge in [0.1, 0.15) is 0 Å². The lowest BCUT2D eigenvalue weighted by Gasteiger charge is -2.04. The third-order valence-corrected chi connectivity index (χ3v) is 3.00. The molecule has 0 bridgehead atoms. The molecule has 1 aromatic carbocycles. The Morgan fingerprint density at radius 2 is 1.90 bits per heavy atom. The van der Waals surface area contributed by atoms with Gasteiger partial charge in [0.05, 0.1) is 5.69 Å². The van der Waals surface area contributed by atoms with Gasteiger partial charge in [0, 0.05) is 30.8 Å². The van der Waals surface area contributed by atoms with Crippen LogP contribution in [0.4, 0.5) is 0 Å². The van der Waals surface area contributed by atoms with Crippen LogP contribution in [0.5, 0.6) is 0 Å². The maximum Gasteiger partial charge on any atom is 0.247 e. The van der Waals surface area contributed by atoms with Gasteiger partial charge >= 0.3 is 0 Å². The molecular weight excluding hydrogens is 252 g/mol. The number of benzene rings is 1. The SMILES string of the molecule is Cc1nnc(-c2cccc(-c3ccc(CN)nc3)c2)o1. The second-order valence-corrected chi connectivity index (χ2v) is 4.45. The first-order chi connectivity index (χ1) is 9.76. The number of nitrogens with zero attached hydrogens (tertiary/aromatic N) is 3. The molecule has 3 rings (SSSR count). The van der Waals surface area contributed by atoms with Crippen LogP contribution in [0.15, 0.2) is 47.0 Å². The van der Waals surface area contributed by atoms with E-state index in [2.05, 4.69) is 15.2 Å². The number of pyridine rings is 1. The number of rotatable bonds is 3. The van der Waals surface area contributed by atoms with E-state index in [1.807, 2.05) is 42.6 Å². The van der Waals surface area contributed by atoms with E-state index in [1.54, 1.807) is 6.92 Å². The highest BCUT2D eigenvalue weighted by Gasteiger charge is 2.07. The van der Waals surface area contributed by atoms with Crippen LogP contribution in [0, 0.1) is 6.92 Å². The van der Waals surface area contributed by atoms with Gasteiger partial charge in [-0.3, -0.25) is 4.98 Å². The normalized spacial score (nSPS) is 10.7. The Bertz CT molecular complexity index is 719. The second kappa shape index (κ2) is 5.22. The van der Waals surface area contributed by atoms with Gasteiger partial charge in [-0.15, -0.1) is 10.2 Å². The summed E-state index contributed by atoms with van der Waals surface area (Å²) in [4.78, 5) is 4.30. The van der Waals surface area contributed by atoms with Gasteiger partial charge in [0.25, 0.3) is 0 Å². The molecule has 0 saturated heterocycles. The molecule has 0 fully saturated rings. The molecule has 0 saturated carbocycles. The largest absolute Gasteiger partial charge is 0.421 e. The van der Waals surface area contributed by atoms with Crippen molar-refractivity contribution in [3.05, 3.63) is 54.2 Å². The fourth-order valence-electron chi connectivity index (χ4n) is 1.96. The fourth-order valence-corrected chi connectivity index (χ4v) is 1.96. The summed E-state index contributed by atoms with van der Waals surface area (Å²) in [7, 11) is 0. The molecular formula is C15H14N4O. The summed E-state index contributed by atoms with van der Waals surface area (Å²) in [6.45, 7) is 2.22. The van der Waals surface area contributed by atoms with Crippen LogP contribution in [0.25, 0.3) is 22.6 Å². The molecule has 5 nitrogen and oxygen atoms in total. The van der Waals surface area contributed by atoms with Crippen LogP contribution in [0.3, 0.4) is 0 Å². The molecule has 0 unspecified atom stereocenters. The second-order valence-electron chi connectivity index (χ2n) is 4.45.